The van der Waals surface area contributed by atoms with Gasteiger partial charge in [-0.2, -0.15) is 5.10 Å². The van der Waals surface area contributed by atoms with E-state index in [0.717, 1.165) is 11.3 Å². The van der Waals surface area contributed by atoms with Crippen LogP contribution in [0.5, 0.6) is 0 Å². The normalized spacial score (nSPS) is 14.7. The highest BCUT2D eigenvalue weighted by atomic mass is 35.5. The Kier molecular flexibility index (Phi) is 4.80. The molecule has 0 fully saturated rings. The highest BCUT2D eigenvalue weighted by molar-refractivity contribution is 6.19. The Morgan fingerprint density at radius 2 is 2.09 bits per heavy atom. The molecule has 122 valence electrons. The van der Waals surface area contributed by atoms with Crippen LogP contribution >= 0.6 is 11.6 Å². The summed E-state index contributed by atoms with van der Waals surface area (Å²) < 4.78 is 6.76. The molecule has 0 atom stereocenters. The fourth-order valence-corrected chi connectivity index (χ4v) is 2.73. The number of aryl methyl sites for hydroxylation is 1. The number of ether oxygens (including phenoxy) is 1. The summed E-state index contributed by atoms with van der Waals surface area (Å²) in [6.45, 7) is 6.68. The van der Waals surface area contributed by atoms with Crippen LogP contribution < -0.4 is 0 Å². The van der Waals surface area contributed by atoms with Gasteiger partial charge in [-0.1, -0.05) is 0 Å². The highest BCUT2D eigenvalue weighted by Gasteiger charge is 2.35. The maximum atomic E-state index is 12.6. The minimum absolute atomic E-state index is 0.00758. The Labute approximate surface area is 135 Å². The van der Waals surface area contributed by atoms with Crippen molar-refractivity contribution in [3.05, 3.63) is 17.0 Å². The Hall–Kier alpha value is -1.56. The SMILES string of the molecule is CCOC(=O)c1nn(C)c2c1CN(C(=O)C(C)(C)CCl)CC2. The molecule has 0 spiro atoms. The smallest absolute Gasteiger partial charge is 0.359 e. The molecule has 6 nitrogen and oxygen atoms in total. The quantitative estimate of drug-likeness (QED) is 0.624. The number of halogens is 1. The summed E-state index contributed by atoms with van der Waals surface area (Å²) in [5.74, 6) is -0.190. The number of hydrogen-bond donors (Lipinski definition) is 0. The molecule has 0 aliphatic carbocycles. The van der Waals surface area contributed by atoms with E-state index < -0.39 is 11.4 Å². The van der Waals surface area contributed by atoms with Crippen LogP contribution in [0.15, 0.2) is 0 Å². The monoisotopic (exact) mass is 327 g/mol. The average molecular weight is 328 g/mol. The van der Waals surface area contributed by atoms with E-state index in [1.807, 2.05) is 20.9 Å². The second-order valence-electron chi connectivity index (χ2n) is 6.11. The largest absolute Gasteiger partial charge is 0.461 e. The third kappa shape index (κ3) is 2.97. The van der Waals surface area contributed by atoms with E-state index in [1.54, 1.807) is 16.5 Å². The molecule has 7 heteroatoms. The van der Waals surface area contributed by atoms with Crippen LogP contribution in [-0.4, -0.2) is 45.6 Å². The lowest BCUT2D eigenvalue weighted by Gasteiger charge is -2.33. The standard InChI is InChI=1S/C15H22ClN3O3/c1-5-22-13(20)12-10-8-19(14(21)15(2,3)9-16)7-6-11(10)18(4)17-12/h5-9H2,1-4H3. The topological polar surface area (TPSA) is 64.4 Å². The van der Waals surface area contributed by atoms with Crippen LogP contribution in [-0.2, 0) is 29.5 Å². The molecule has 1 aliphatic heterocycles. The lowest BCUT2D eigenvalue weighted by atomic mass is 9.92. The third-order valence-electron chi connectivity index (χ3n) is 3.91. The molecule has 2 rings (SSSR count). The Balaban J connectivity index is 2.29. The summed E-state index contributed by atoms with van der Waals surface area (Å²) in [5, 5.41) is 4.27. The van der Waals surface area contributed by atoms with Gasteiger partial charge < -0.3 is 9.64 Å². The van der Waals surface area contributed by atoms with Gasteiger partial charge in [0.05, 0.1) is 12.0 Å². The molecule has 2 heterocycles. The first-order valence-corrected chi connectivity index (χ1v) is 7.92. The molecule has 22 heavy (non-hydrogen) atoms. The molecule has 0 saturated heterocycles. The number of carbonyl (C=O) groups excluding carboxylic acids is 2. The summed E-state index contributed by atoms with van der Waals surface area (Å²) in [7, 11) is 1.81. The van der Waals surface area contributed by atoms with Gasteiger partial charge in [-0.25, -0.2) is 4.79 Å². The third-order valence-corrected chi connectivity index (χ3v) is 4.58. The van der Waals surface area contributed by atoms with E-state index in [2.05, 4.69) is 5.10 Å². The van der Waals surface area contributed by atoms with E-state index in [4.69, 9.17) is 16.3 Å². The predicted octanol–water partition coefficient (Wildman–Crippen LogP) is 1.75. The van der Waals surface area contributed by atoms with Crippen molar-refractivity contribution in [2.24, 2.45) is 12.5 Å². The maximum absolute atomic E-state index is 12.6. The van der Waals surface area contributed by atoms with Gasteiger partial charge in [-0.3, -0.25) is 9.48 Å². The first-order chi connectivity index (χ1) is 10.3. The maximum Gasteiger partial charge on any atom is 0.359 e. The molecule has 0 aromatic carbocycles. The molecular formula is C15H22ClN3O3. The minimum atomic E-state index is -0.620. The van der Waals surface area contributed by atoms with Crippen molar-refractivity contribution in [1.82, 2.24) is 14.7 Å². The van der Waals surface area contributed by atoms with Gasteiger partial charge in [-0.05, 0) is 20.8 Å². The van der Waals surface area contributed by atoms with Crippen LogP contribution in [0.3, 0.4) is 0 Å². The zero-order valence-corrected chi connectivity index (χ0v) is 14.2. The highest BCUT2D eigenvalue weighted by Crippen LogP contribution is 2.27. The molecule has 0 radical (unpaired) electrons. The number of aromatic nitrogens is 2. The molecule has 0 saturated carbocycles. The number of amides is 1. The summed E-state index contributed by atoms with van der Waals surface area (Å²) >= 11 is 5.90. The average Bonchev–Trinajstić information content (AvgIpc) is 2.83. The van der Waals surface area contributed by atoms with Crippen molar-refractivity contribution in [3.63, 3.8) is 0 Å². The second-order valence-corrected chi connectivity index (χ2v) is 6.38. The number of esters is 1. The molecule has 0 bridgehead atoms. The van der Waals surface area contributed by atoms with Gasteiger partial charge in [0.15, 0.2) is 5.69 Å². The van der Waals surface area contributed by atoms with Crippen molar-refractivity contribution in [1.29, 1.82) is 0 Å². The molecular weight excluding hydrogens is 306 g/mol. The van der Waals surface area contributed by atoms with Crippen molar-refractivity contribution < 1.29 is 14.3 Å². The summed E-state index contributed by atoms with van der Waals surface area (Å²) in [6, 6.07) is 0. The number of alkyl halides is 1. The number of rotatable bonds is 4. The molecule has 0 N–H and O–H groups in total. The fraction of sp³-hybridized carbons (Fsp3) is 0.667. The van der Waals surface area contributed by atoms with Crippen molar-refractivity contribution in [2.75, 3.05) is 19.0 Å². The Morgan fingerprint density at radius 3 is 2.68 bits per heavy atom. The van der Waals surface area contributed by atoms with Crippen LogP contribution in [0, 0.1) is 5.41 Å². The molecule has 1 amide bonds. The second kappa shape index (κ2) is 6.28. The minimum Gasteiger partial charge on any atom is -0.461 e. The molecule has 1 aromatic rings. The molecule has 1 aliphatic rings. The van der Waals surface area contributed by atoms with Gasteiger partial charge in [0.1, 0.15) is 0 Å². The molecule has 1 aromatic heterocycles. The van der Waals surface area contributed by atoms with Gasteiger partial charge in [0, 0.05) is 43.7 Å². The number of carbonyl (C=O) groups is 2. The number of fused-ring (bicyclic) bond motifs is 1. The van der Waals surface area contributed by atoms with E-state index in [-0.39, 0.29) is 11.8 Å². The van der Waals surface area contributed by atoms with Crippen LogP contribution in [0.25, 0.3) is 0 Å². The Morgan fingerprint density at radius 1 is 1.41 bits per heavy atom. The first-order valence-electron chi connectivity index (χ1n) is 7.39. The summed E-state index contributed by atoms with van der Waals surface area (Å²) in [6.07, 6.45) is 0.669. The van der Waals surface area contributed by atoms with Gasteiger partial charge in [0.2, 0.25) is 5.91 Å². The van der Waals surface area contributed by atoms with Crippen LogP contribution in [0.4, 0.5) is 0 Å². The van der Waals surface area contributed by atoms with Crippen LogP contribution in [0.1, 0.15) is 42.5 Å². The fourth-order valence-electron chi connectivity index (χ4n) is 2.61. The van der Waals surface area contributed by atoms with E-state index >= 15 is 0 Å². The van der Waals surface area contributed by atoms with Crippen molar-refractivity contribution in [3.8, 4) is 0 Å². The lowest BCUT2D eigenvalue weighted by molar-refractivity contribution is -0.140. The van der Waals surface area contributed by atoms with Gasteiger partial charge in [0.25, 0.3) is 0 Å². The van der Waals surface area contributed by atoms with E-state index in [0.29, 0.717) is 31.8 Å². The first kappa shape index (κ1) is 16.8. The molecule has 0 unspecified atom stereocenters. The number of nitrogens with zero attached hydrogens (tertiary/aromatic N) is 3. The van der Waals surface area contributed by atoms with Gasteiger partial charge >= 0.3 is 5.97 Å². The van der Waals surface area contributed by atoms with Crippen LogP contribution in [0.2, 0.25) is 0 Å². The summed E-state index contributed by atoms with van der Waals surface area (Å²) in [4.78, 5) is 26.4. The van der Waals surface area contributed by atoms with Gasteiger partial charge in [-0.15, -0.1) is 11.6 Å². The predicted molar refractivity (Wildman–Crippen MR) is 82.8 cm³/mol. The van der Waals surface area contributed by atoms with E-state index in [9.17, 15) is 9.59 Å². The zero-order chi connectivity index (χ0) is 16.5. The van der Waals surface area contributed by atoms with Crippen molar-refractivity contribution in [2.45, 2.75) is 33.7 Å². The lowest BCUT2D eigenvalue weighted by Crippen LogP contribution is -2.44. The Bertz CT molecular complexity index is 595. The number of hydrogen-bond acceptors (Lipinski definition) is 4. The summed E-state index contributed by atoms with van der Waals surface area (Å²) in [5.41, 5.74) is 1.45. The van der Waals surface area contributed by atoms with E-state index in [1.165, 1.54) is 0 Å². The van der Waals surface area contributed by atoms with Crippen molar-refractivity contribution >= 4 is 23.5 Å². The zero-order valence-electron chi connectivity index (χ0n) is 13.5.